The van der Waals surface area contributed by atoms with Crippen LogP contribution in [0.25, 0.3) is 0 Å². The van der Waals surface area contributed by atoms with Crippen LogP contribution in [-0.2, 0) is 4.74 Å². The van der Waals surface area contributed by atoms with Crippen LogP contribution in [0.1, 0.15) is 69.7 Å². The number of rotatable bonds is 6. The Morgan fingerprint density at radius 3 is 2.48 bits per heavy atom. The van der Waals surface area contributed by atoms with Gasteiger partial charge in [-0.2, -0.15) is 0 Å². The van der Waals surface area contributed by atoms with Crippen molar-refractivity contribution in [2.24, 2.45) is 23.7 Å². The van der Waals surface area contributed by atoms with Crippen molar-refractivity contribution in [1.29, 1.82) is 0 Å². The van der Waals surface area contributed by atoms with Gasteiger partial charge in [-0.25, -0.2) is 4.98 Å². The fourth-order valence-electron chi connectivity index (χ4n) is 6.13. The number of aryl methyl sites for hydroxylation is 1. The molecular formula is C23H37N3O. The first-order valence-electron chi connectivity index (χ1n) is 11.6. The summed E-state index contributed by atoms with van der Waals surface area (Å²) in [7, 11) is 0. The molecule has 5 rings (SSSR count). The molecule has 4 aliphatic rings. The molecular weight excluding hydrogens is 334 g/mol. The van der Waals surface area contributed by atoms with E-state index in [1.54, 1.807) is 0 Å². The van der Waals surface area contributed by atoms with Gasteiger partial charge in [-0.15, -0.1) is 0 Å². The highest BCUT2D eigenvalue weighted by Gasteiger charge is 2.44. The van der Waals surface area contributed by atoms with Crippen LogP contribution in [0.2, 0.25) is 0 Å². The molecule has 1 aromatic heterocycles. The summed E-state index contributed by atoms with van der Waals surface area (Å²) >= 11 is 0. The maximum atomic E-state index is 6.52. The average Bonchev–Trinajstić information content (AvgIpc) is 3.28. The van der Waals surface area contributed by atoms with Gasteiger partial charge in [0, 0.05) is 38.6 Å². The third kappa shape index (κ3) is 4.12. The third-order valence-corrected chi connectivity index (χ3v) is 7.86. The largest absolute Gasteiger partial charge is 0.376 e. The second-order valence-corrected chi connectivity index (χ2v) is 9.98. The van der Waals surface area contributed by atoms with Crippen LogP contribution in [0, 0.1) is 30.6 Å². The summed E-state index contributed by atoms with van der Waals surface area (Å²) in [5, 5.41) is 0. The van der Waals surface area contributed by atoms with Crippen molar-refractivity contribution in [3.63, 3.8) is 0 Å². The standard InChI is InChI=1S/C23H37N3O/c1-17-24-9-10-26(17)22-11-20-14-25(13-18-5-3-2-4-6-18)15-21(20)12-23(22)27-16-19-7-8-19/h9-10,18-23H,2-8,11-16H2,1H3/t20-,21+,22-,23-/m0/s1. The Kier molecular flexibility index (Phi) is 5.30. The number of nitrogens with zero attached hydrogens (tertiary/aromatic N) is 3. The van der Waals surface area contributed by atoms with Crippen LogP contribution in [0.4, 0.5) is 0 Å². The highest BCUT2D eigenvalue weighted by molar-refractivity contribution is 5.01. The van der Waals surface area contributed by atoms with E-state index in [2.05, 4.69) is 27.6 Å². The van der Waals surface area contributed by atoms with Crippen LogP contribution < -0.4 is 0 Å². The van der Waals surface area contributed by atoms with E-state index in [9.17, 15) is 0 Å². The van der Waals surface area contributed by atoms with Gasteiger partial charge in [-0.3, -0.25) is 0 Å². The summed E-state index contributed by atoms with van der Waals surface area (Å²) in [6, 6.07) is 0.488. The Balaban J connectivity index is 1.25. The van der Waals surface area contributed by atoms with Gasteiger partial charge in [0.05, 0.1) is 12.1 Å². The summed E-state index contributed by atoms with van der Waals surface area (Å²) in [5.41, 5.74) is 0. The van der Waals surface area contributed by atoms with Gasteiger partial charge in [-0.1, -0.05) is 19.3 Å². The zero-order valence-electron chi connectivity index (χ0n) is 17.1. The summed E-state index contributed by atoms with van der Waals surface area (Å²) in [4.78, 5) is 7.32. The van der Waals surface area contributed by atoms with E-state index in [1.807, 2.05) is 6.20 Å². The number of hydrogen-bond acceptors (Lipinski definition) is 3. The molecule has 4 atom stereocenters. The SMILES string of the molecule is Cc1nccn1[C@H]1C[C@H]2CN(CC3CCCCC3)C[C@H]2C[C@@H]1OCC1CC1. The van der Waals surface area contributed by atoms with Gasteiger partial charge in [0.1, 0.15) is 5.82 Å². The minimum Gasteiger partial charge on any atom is -0.376 e. The third-order valence-electron chi connectivity index (χ3n) is 7.86. The van der Waals surface area contributed by atoms with E-state index < -0.39 is 0 Å². The lowest BCUT2D eigenvalue weighted by Gasteiger charge is -2.39. The van der Waals surface area contributed by atoms with Gasteiger partial charge >= 0.3 is 0 Å². The number of aromatic nitrogens is 2. The zero-order valence-corrected chi connectivity index (χ0v) is 17.1. The molecule has 0 radical (unpaired) electrons. The normalized spacial score (nSPS) is 35.4. The maximum Gasteiger partial charge on any atom is 0.105 e. The molecule has 0 unspecified atom stereocenters. The zero-order chi connectivity index (χ0) is 18.2. The summed E-state index contributed by atoms with van der Waals surface area (Å²) in [5.74, 6) is 4.65. The molecule has 3 saturated carbocycles. The Labute approximate surface area is 164 Å². The van der Waals surface area contributed by atoms with E-state index in [0.29, 0.717) is 12.1 Å². The monoisotopic (exact) mass is 371 g/mol. The summed E-state index contributed by atoms with van der Waals surface area (Å²) < 4.78 is 8.94. The van der Waals surface area contributed by atoms with Crippen LogP contribution in [-0.4, -0.2) is 46.8 Å². The van der Waals surface area contributed by atoms with E-state index in [0.717, 1.165) is 36.1 Å². The fourth-order valence-corrected chi connectivity index (χ4v) is 6.13. The minimum atomic E-state index is 0.384. The molecule has 0 N–H and O–H groups in total. The molecule has 2 heterocycles. The molecule has 0 aromatic carbocycles. The van der Waals surface area contributed by atoms with Crippen molar-refractivity contribution in [3.8, 4) is 0 Å². The minimum absolute atomic E-state index is 0.384. The molecule has 1 saturated heterocycles. The maximum absolute atomic E-state index is 6.52. The van der Waals surface area contributed by atoms with E-state index >= 15 is 0 Å². The number of imidazole rings is 1. The highest BCUT2D eigenvalue weighted by atomic mass is 16.5. The molecule has 0 bridgehead atoms. The van der Waals surface area contributed by atoms with Crippen molar-refractivity contribution >= 4 is 0 Å². The molecule has 0 amide bonds. The van der Waals surface area contributed by atoms with Crippen molar-refractivity contribution in [1.82, 2.24) is 14.5 Å². The Hall–Kier alpha value is -0.870. The lowest BCUT2D eigenvalue weighted by Crippen LogP contribution is -2.38. The number of fused-ring (bicyclic) bond motifs is 1. The number of likely N-dealkylation sites (tertiary alicyclic amines) is 1. The topological polar surface area (TPSA) is 30.3 Å². The quantitative estimate of drug-likeness (QED) is 0.740. The lowest BCUT2D eigenvalue weighted by atomic mass is 9.77. The van der Waals surface area contributed by atoms with Gasteiger partial charge < -0.3 is 14.2 Å². The van der Waals surface area contributed by atoms with Crippen molar-refractivity contribution in [2.75, 3.05) is 26.2 Å². The summed E-state index contributed by atoms with van der Waals surface area (Å²) in [6.07, 6.45) is 17.1. The Morgan fingerprint density at radius 1 is 1.00 bits per heavy atom. The van der Waals surface area contributed by atoms with Crippen LogP contribution in [0.5, 0.6) is 0 Å². The van der Waals surface area contributed by atoms with Crippen LogP contribution in [0.15, 0.2) is 12.4 Å². The molecule has 0 spiro atoms. The van der Waals surface area contributed by atoms with E-state index in [1.165, 1.54) is 77.4 Å². The second kappa shape index (κ2) is 7.87. The molecule has 1 aliphatic heterocycles. The smallest absolute Gasteiger partial charge is 0.105 e. The Morgan fingerprint density at radius 2 is 1.78 bits per heavy atom. The average molecular weight is 372 g/mol. The molecule has 4 nitrogen and oxygen atoms in total. The van der Waals surface area contributed by atoms with Gasteiger partial charge in [-0.05, 0) is 69.1 Å². The first kappa shape index (κ1) is 18.2. The Bertz CT molecular complexity index is 619. The molecule has 4 fully saturated rings. The predicted octanol–water partition coefficient (Wildman–Crippen LogP) is 4.45. The van der Waals surface area contributed by atoms with Crippen molar-refractivity contribution in [3.05, 3.63) is 18.2 Å². The van der Waals surface area contributed by atoms with Crippen LogP contribution in [0.3, 0.4) is 0 Å². The van der Waals surface area contributed by atoms with Crippen LogP contribution >= 0.6 is 0 Å². The second-order valence-electron chi connectivity index (χ2n) is 9.98. The number of ether oxygens (including phenoxy) is 1. The lowest BCUT2D eigenvalue weighted by molar-refractivity contribution is -0.0343. The molecule has 150 valence electrons. The van der Waals surface area contributed by atoms with Crippen molar-refractivity contribution < 1.29 is 4.74 Å². The first-order chi connectivity index (χ1) is 13.3. The van der Waals surface area contributed by atoms with Gasteiger partial charge in [0.2, 0.25) is 0 Å². The molecule has 1 aromatic rings. The molecule has 4 heteroatoms. The predicted molar refractivity (Wildman–Crippen MR) is 108 cm³/mol. The fraction of sp³-hybridized carbons (Fsp3) is 0.870. The number of hydrogen-bond donors (Lipinski definition) is 0. The highest BCUT2D eigenvalue weighted by Crippen LogP contribution is 2.44. The molecule has 3 aliphatic carbocycles. The van der Waals surface area contributed by atoms with E-state index in [4.69, 9.17) is 4.74 Å². The van der Waals surface area contributed by atoms with Gasteiger partial charge in [0.15, 0.2) is 0 Å². The molecule has 27 heavy (non-hydrogen) atoms. The van der Waals surface area contributed by atoms with E-state index in [-0.39, 0.29) is 0 Å². The van der Waals surface area contributed by atoms with Gasteiger partial charge in [0.25, 0.3) is 0 Å². The first-order valence-corrected chi connectivity index (χ1v) is 11.6. The summed E-state index contributed by atoms with van der Waals surface area (Å²) in [6.45, 7) is 7.13. The van der Waals surface area contributed by atoms with Crippen molar-refractivity contribution in [2.45, 2.75) is 76.9 Å².